The summed E-state index contributed by atoms with van der Waals surface area (Å²) >= 11 is 0. The van der Waals surface area contributed by atoms with Crippen LogP contribution in [0.15, 0.2) is 16.8 Å². The topological polar surface area (TPSA) is 21.6 Å². The second-order valence-electron chi connectivity index (χ2n) is 1.91. The molecule has 0 aromatic heterocycles. The number of aliphatic imine (C=N–C) groups is 1. The van der Waals surface area contributed by atoms with Crippen molar-refractivity contribution in [1.82, 2.24) is 0 Å². The van der Waals surface area contributed by atoms with Crippen LogP contribution in [0, 0.1) is 0 Å². The first-order chi connectivity index (χ1) is 4.85. The Kier molecular flexibility index (Phi) is 6.08. The predicted octanol–water partition coefficient (Wildman–Crippen LogP) is 2.02. The third-order valence-electron chi connectivity index (χ3n) is 1.19. The van der Waals surface area contributed by atoms with Crippen LogP contribution in [0.5, 0.6) is 0 Å². The van der Waals surface area contributed by atoms with Gasteiger partial charge in [0.2, 0.25) is 0 Å². The maximum atomic E-state index is 4.91. The Morgan fingerprint density at radius 2 is 2.20 bits per heavy atom. The lowest BCUT2D eigenvalue weighted by Crippen LogP contribution is -1.89. The summed E-state index contributed by atoms with van der Waals surface area (Å²) in [5.74, 6) is 0. The molecule has 0 radical (unpaired) electrons. The first-order valence-electron chi connectivity index (χ1n) is 3.48. The second-order valence-corrected chi connectivity index (χ2v) is 1.91. The van der Waals surface area contributed by atoms with Gasteiger partial charge < -0.3 is 4.74 Å². The van der Waals surface area contributed by atoms with Gasteiger partial charge in [0.25, 0.3) is 0 Å². The van der Waals surface area contributed by atoms with Crippen molar-refractivity contribution in [3.8, 4) is 0 Å². The molecular weight excluding hydrogens is 126 g/mol. The van der Waals surface area contributed by atoms with Gasteiger partial charge in [-0.05, 0) is 13.8 Å². The van der Waals surface area contributed by atoms with Crippen molar-refractivity contribution in [2.45, 2.75) is 20.3 Å². The second kappa shape index (κ2) is 6.49. The highest BCUT2D eigenvalue weighted by Crippen LogP contribution is 2.01. The molecule has 0 spiro atoms. The number of methoxy groups -OCH3 is 1. The zero-order valence-electron chi connectivity index (χ0n) is 6.92. The van der Waals surface area contributed by atoms with E-state index in [0.717, 1.165) is 18.7 Å². The summed E-state index contributed by atoms with van der Waals surface area (Å²) in [4.78, 5) is 4.14. The van der Waals surface area contributed by atoms with Crippen LogP contribution in [0.25, 0.3) is 0 Å². The molecule has 0 atom stereocenters. The Morgan fingerprint density at radius 1 is 1.50 bits per heavy atom. The minimum atomic E-state index is 0.747. The summed E-state index contributed by atoms with van der Waals surface area (Å²) in [6.45, 7) is 4.64. The average molecular weight is 141 g/mol. The molecule has 0 bridgehead atoms. The van der Waals surface area contributed by atoms with E-state index in [4.69, 9.17) is 4.74 Å². The number of hydrogen-bond acceptors (Lipinski definition) is 2. The van der Waals surface area contributed by atoms with Gasteiger partial charge in [0.1, 0.15) is 0 Å². The molecule has 0 aromatic rings. The smallest absolute Gasteiger partial charge is 0.0517 e. The number of ether oxygens (including phenoxy) is 1. The van der Waals surface area contributed by atoms with Crippen LogP contribution < -0.4 is 0 Å². The summed E-state index contributed by atoms with van der Waals surface area (Å²) in [7, 11) is 1.70. The number of allylic oxidation sites excluding steroid dienone is 1. The Balaban J connectivity index is 3.62. The summed E-state index contributed by atoms with van der Waals surface area (Å²) in [5.41, 5.74) is 1.09. The largest absolute Gasteiger partial charge is 0.384 e. The van der Waals surface area contributed by atoms with Crippen LogP contribution in [0.2, 0.25) is 0 Å². The first-order valence-corrected chi connectivity index (χ1v) is 3.48. The molecule has 0 unspecified atom stereocenters. The van der Waals surface area contributed by atoms with Gasteiger partial charge in [-0.2, -0.15) is 0 Å². The summed E-state index contributed by atoms with van der Waals surface area (Å²) in [6.07, 6.45) is 4.70. The van der Waals surface area contributed by atoms with E-state index in [1.807, 2.05) is 19.9 Å². The molecule has 0 aliphatic heterocycles. The summed E-state index contributed by atoms with van der Waals surface area (Å²) < 4.78 is 4.91. The van der Waals surface area contributed by atoms with Gasteiger partial charge >= 0.3 is 0 Å². The van der Waals surface area contributed by atoms with Crippen LogP contribution >= 0.6 is 0 Å². The van der Waals surface area contributed by atoms with Gasteiger partial charge in [0.05, 0.1) is 6.61 Å². The average Bonchev–Trinajstić information content (AvgIpc) is 1.98. The highest BCUT2D eigenvalue weighted by Gasteiger charge is 1.89. The van der Waals surface area contributed by atoms with E-state index >= 15 is 0 Å². The molecule has 0 amide bonds. The Morgan fingerprint density at radius 3 is 2.60 bits per heavy atom. The standard InChI is InChI=1S/C8H15NO/c1-4-8(9-5-2)6-7-10-3/h4-5H,6-7H2,1-3H3/b8-4-,9-5-. The molecule has 0 fully saturated rings. The molecule has 0 aliphatic carbocycles. The lowest BCUT2D eigenvalue weighted by Gasteiger charge is -1.97. The summed E-state index contributed by atoms with van der Waals surface area (Å²) in [6, 6.07) is 0. The highest BCUT2D eigenvalue weighted by atomic mass is 16.5. The molecular formula is C8H15NO. The molecule has 2 heteroatoms. The van der Waals surface area contributed by atoms with Crippen molar-refractivity contribution >= 4 is 6.21 Å². The Hall–Kier alpha value is -0.630. The normalized spacial score (nSPS) is 12.9. The number of nitrogens with zero attached hydrogens (tertiary/aromatic N) is 1. The van der Waals surface area contributed by atoms with Crippen LogP contribution in [0.1, 0.15) is 20.3 Å². The maximum Gasteiger partial charge on any atom is 0.0517 e. The molecule has 10 heavy (non-hydrogen) atoms. The minimum absolute atomic E-state index is 0.747. The third-order valence-corrected chi connectivity index (χ3v) is 1.19. The van der Waals surface area contributed by atoms with Crippen molar-refractivity contribution in [1.29, 1.82) is 0 Å². The molecule has 0 aromatic carbocycles. The maximum absolute atomic E-state index is 4.91. The Bertz CT molecular complexity index is 127. The van der Waals surface area contributed by atoms with Crippen molar-refractivity contribution in [2.75, 3.05) is 13.7 Å². The lowest BCUT2D eigenvalue weighted by atomic mass is 10.3. The fraction of sp³-hybridized carbons (Fsp3) is 0.625. The van der Waals surface area contributed by atoms with Crippen molar-refractivity contribution in [2.24, 2.45) is 4.99 Å². The SMILES string of the molecule is C/C=N\C(=C/C)CCOC. The van der Waals surface area contributed by atoms with Crippen LogP contribution in [0.4, 0.5) is 0 Å². The Labute approximate surface area is 62.6 Å². The zero-order chi connectivity index (χ0) is 7.82. The van der Waals surface area contributed by atoms with Gasteiger partial charge in [-0.3, -0.25) is 4.99 Å². The van der Waals surface area contributed by atoms with E-state index < -0.39 is 0 Å². The molecule has 0 heterocycles. The molecule has 0 N–H and O–H groups in total. The van der Waals surface area contributed by atoms with E-state index in [2.05, 4.69) is 4.99 Å². The van der Waals surface area contributed by atoms with Crippen LogP contribution in [-0.2, 0) is 4.74 Å². The molecule has 58 valence electrons. The van der Waals surface area contributed by atoms with Gasteiger partial charge in [-0.1, -0.05) is 6.08 Å². The predicted molar refractivity (Wildman–Crippen MR) is 44.4 cm³/mol. The number of hydrogen-bond donors (Lipinski definition) is 0. The van der Waals surface area contributed by atoms with Crippen LogP contribution in [-0.4, -0.2) is 19.9 Å². The lowest BCUT2D eigenvalue weighted by molar-refractivity contribution is 0.202. The minimum Gasteiger partial charge on any atom is -0.384 e. The van der Waals surface area contributed by atoms with Crippen LogP contribution in [0.3, 0.4) is 0 Å². The third kappa shape index (κ3) is 4.27. The van der Waals surface area contributed by atoms with Gasteiger partial charge in [0, 0.05) is 25.4 Å². The van der Waals surface area contributed by atoms with Gasteiger partial charge in [-0.15, -0.1) is 0 Å². The fourth-order valence-corrected chi connectivity index (χ4v) is 0.656. The molecule has 0 saturated heterocycles. The van der Waals surface area contributed by atoms with E-state index in [1.165, 1.54) is 0 Å². The van der Waals surface area contributed by atoms with Gasteiger partial charge in [0.15, 0.2) is 0 Å². The van der Waals surface area contributed by atoms with E-state index in [0.29, 0.717) is 0 Å². The molecule has 0 saturated carbocycles. The van der Waals surface area contributed by atoms with Gasteiger partial charge in [-0.25, -0.2) is 0 Å². The van der Waals surface area contributed by atoms with Crippen molar-refractivity contribution in [3.05, 3.63) is 11.8 Å². The van der Waals surface area contributed by atoms with E-state index in [9.17, 15) is 0 Å². The quantitative estimate of drug-likeness (QED) is 0.549. The molecule has 0 aliphatic rings. The number of rotatable bonds is 4. The monoisotopic (exact) mass is 141 g/mol. The van der Waals surface area contributed by atoms with Crippen molar-refractivity contribution < 1.29 is 4.74 Å². The fourth-order valence-electron chi connectivity index (χ4n) is 0.656. The zero-order valence-corrected chi connectivity index (χ0v) is 6.92. The highest BCUT2D eigenvalue weighted by molar-refractivity contribution is 5.55. The molecule has 0 rings (SSSR count). The van der Waals surface area contributed by atoms with E-state index in [-0.39, 0.29) is 0 Å². The molecule has 2 nitrogen and oxygen atoms in total. The van der Waals surface area contributed by atoms with Crippen molar-refractivity contribution in [3.63, 3.8) is 0 Å². The van der Waals surface area contributed by atoms with E-state index in [1.54, 1.807) is 13.3 Å². The first kappa shape index (κ1) is 9.37. The summed E-state index contributed by atoms with van der Waals surface area (Å²) in [5, 5.41) is 0.